The van der Waals surface area contributed by atoms with Crippen molar-refractivity contribution in [3.8, 4) is 17.2 Å². The van der Waals surface area contributed by atoms with Gasteiger partial charge in [0, 0.05) is 86.7 Å². The van der Waals surface area contributed by atoms with Crippen LogP contribution in [-0.2, 0) is 9.53 Å². The number of nitrogens with two attached hydrogens (primary N) is 1. The molecule has 0 bridgehead atoms. The van der Waals surface area contributed by atoms with Crippen molar-refractivity contribution in [3.05, 3.63) is 227 Å². The number of carbonyl (C=O) groups is 7. The Hall–Kier alpha value is -10.1. The molecule has 374 valence electrons. The number of hydrogen-bond donors (Lipinski definition) is 4. The summed E-state index contributed by atoms with van der Waals surface area (Å²) in [6.07, 6.45) is 0. The van der Waals surface area contributed by atoms with E-state index in [2.05, 4.69) is 0 Å². The topological polar surface area (TPSA) is 311 Å². The number of ketones is 4. The highest BCUT2D eigenvalue weighted by Crippen LogP contribution is 2.44. The summed E-state index contributed by atoms with van der Waals surface area (Å²) in [6.45, 7) is 4.44. The molecule has 0 saturated heterocycles. The predicted octanol–water partition coefficient (Wildman–Crippen LogP) is 10.4. The van der Waals surface area contributed by atoms with Gasteiger partial charge in [0.1, 0.15) is 11.5 Å². The largest absolute Gasteiger partial charge is 0.507 e. The Morgan fingerprint density at radius 2 is 0.919 bits per heavy atom. The normalized spacial score (nSPS) is 12.4. The van der Waals surface area contributed by atoms with Crippen LogP contribution >= 0.6 is 11.6 Å². The molecule has 20 heteroatoms. The van der Waals surface area contributed by atoms with Crippen molar-refractivity contribution in [1.29, 1.82) is 0 Å². The van der Waals surface area contributed by atoms with E-state index in [1.165, 1.54) is 80.6 Å². The van der Waals surface area contributed by atoms with Crippen LogP contribution in [-0.4, -0.2) is 65.5 Å². The molecule has 0 aliphatic heterocycles. The smallest absolute Gasteiger partial charge is 0.343 e. The van der Waals surface area contributed by atoms with Crippen molar-refractivity contribution in [1.82, 2.24) is 0 Å². The predicted molar refractivity (Wildman–Crippen MR) is 271 cm³/mol. The number of carbonyl (C=O) groups excluding carboxylic acids is 7. The summed E-state index contributed by atoms with van der Waals surface area (Å²) in [7, 11) is 0. The summed E-state index contributed by atoms with van der Waals surface area (Å²) in [6, 6.07) is 35.7. The van der Waals surface area contributed by atoms with Gasteiger partial charge in [-0.15, -0.1) is 0 Å². The molecule has 0 saturated carbocycles. The number of aromatic hydroxyl groups is 2. The molecule has 0 radical (unpaired) electrons. The Labute approximate surface area is 424 Å². The van der Waals surface area contributed by atoms with Crippen LogP contribution in [0.1, 0.15) is 88.5 Å². The van der Waals surface area contributed by atoms with Crippen LogP contribution in [0.25, 0.3) is 16.5 Å². The Morgan fingerprint density at radius 3 is 1.41 bits per heavy atom. The fourth-order valence-electron chi connectivity index (χ4n) is 7.08. The molecule has 5 N–H and O–H groups in total. The number of nitro benzene ring substituents is 2. The summed E-state index contributed by atoms with van der Waals surface area (Å²) < 4.78 is 10.4. The molecule has 2 aliphatic rings. The lowest BCUT2D eigenvalue weighted by molar-refractivity contribution is -0.385. The highest BCUT2D eigenvalue weighted by atomic mass is 35.5. The lowest BCUT2D eigenvalue weighted by Crippen LogP contribution is -2.24. The molecule has 0 unspecified atom stereocenters. The molecule has 0 atom stereocenters. The van der Waals surface area contributed by atoms with Gasteiger partial charge in [-0.05, 0) is 80.9 Å². The number of non-ortho nitro benzene ring substituents is 2. The fraction of sp³-hybridized carbons (Fsp3) is 0.0556. The van der Waals surface area contributed by atoms with E-state index >= 15 is 0 Å². The van der Waals surface area contributed by atoms with E-state index in [1.54, 1.807) is 73.7 Å². The quantitative estimate of drug-likeness (QED) is 0.0168. The second kappa shape index (κ2) is 22.7. The SMILES string of the molecule is CC1=C(O)c2ccccc2C(=O)C1=O.CC1=C(OC(=O)c2ccc([N+](=O)[O-])cc2)C(=O)c2ccccc2C1=O.Cc1c(OC(=O)c2ccc(N)cc2)c(O)c2ccccc2c1O.O=C(Cl)c1ccc([N+](=O)[O-])cc1.[HH]. The van der Waals surface area contributed by atoms with Gasteiger partial charge in [-0.1, -0.05) is 72.8 Å². The number of allylic oxidation sites excluding steroid dienone is 3. The first-order valence-corrected chi connectivity index (χ1v) is 21.9. The Kier molecular flexibility index (Phi) is 16.3. The van der Waals surface area contributed by atoms with Gasteiger partial charge in [-0.3, -0.25) is 44.2 Å². The van der Waals surface area contributed by atoms with Crippen LogP contribution in [0.15, 0.2) is 162 Å². The van der Waals surface area contributed by atoms with Crippen LogP contribution in [0.5, 0.6) is 17.2 Å². The zero-order valence-corrected chi connectivity index (χ0v) is 39.6. The number of benzene rings is 7. The maximum atomic E-state index is 12.5. The van der Waals surface area contributed by atoms with Crippen LogP contribution < -0.4 is 10.5 Å². The van der Waals surface area contributed by atoms with Gasteiger partial charge in [0.25, 0.3) is 16.6 Å². The number of fused-ring (bicyclic) bond motifs is 3. The maximum Gasteiger partial charge on any atom is 0.343 e. The van der Waals surface area contributed by atoms with Crippen molar-refractivity contribution in [2.24, 2.45) is 0 Å². The van der Waals surface area contributed by atoms with Gasteiger partial charge in [-0.2, -0.15) is 0 Å². The third-order valence-electron chi connectivity index (χ3n) is 11.1. The molecule has 0 amide bonds. The van der Waals surface area contributed by atoms with Crippen LogP contribution in [0.2, 0.25) is 0 Å². The lowest BCUT2D eigenvalue weighted by atomic mass is 9.89. The molecule has 0 aromatic heterocycles. The minimum Gasteiger partial charge on any atom is -0.507 e. The highest BCUT2D eigenvalue weighted by Gasteiger charge is 2.33. The number of halogens is 1. The maximum absolute atomic E-state index is 12.5. The second-order valence-corrected chi connectivity index (χ2v) is 16.2. The first-order chi connectivity index (χ1) is 35.1. The number of Topliss-reactive ketones (excluding diaryl/α,β-unsaturated/α-hetero) is 4. The third kappa shape index (κ3) is 11.5. The summed E-state index contributed by atoms with van der Waals surface area (Å²) in [5, 5.41) is 51.4. The average Bonchev–Trinajstić information content (AvgIpc) is 3.41. The van der Waals surface area contributed by atoms with Gasteiger partial charge in [0.15, 0.2) is 23.0 Å². The Bertz CT molecular complexity index is 3520. The minimum absolute atomic E-state index is 0. The van der Waals surface area contributed by atoms with E-state index < -0.39 is 44.4 Å². The molecule has 0 spiro atoms. The van der Waals surface area contributed by atoms with Gasteiger partial charge in [0.05, 0.1) is 21.0 Å². The number of nitro groups is 2. The van der Waals surface area contributed by atoms with Crippen LogP contribution in [0, 0.1) is 27.2 Å². The number of nitrogens with zero attached hydrogens (tertiary/aromatic N) is 2. The number of hydrogen-bond acceptors (Lipinski definition) is 17. The molecule has 2 aliphatic carbocycles. The molecular weight excluding hydrogens is 982 g/mol. The summed E-state index contributed by atoms with van der Waals surface area (Å²) in [4.78, 5) is 102. The number of nitrogen functional groups attached to an aromatic ring is 1. The van der Waals surface area contributed by atoms with E-state index in [4.69, 9.17) is 26.8 Å². The number of aliphatic hydroxyl groups excluding tert-OH is 1. The van der Waals surface area contributed by atoms with E-state index in [1.807, 2.05) is 0 Å². The Morgan fingerprint density at radius 1 is 0.514 bits per heavy atom. The van der Waals surface area contributed by atoms with Crippen molar-refractivity contribution in [2.75, 3.05) is 5.73 Å². The van der Waals surface area contributed by atoms with Crippen molar-refractivity contribution in [2.45, 2.75) is 20.8 Å². The van der Waals surface area contributed by atoms with Crippen LogP contribution in [0.3, 0.4) is 0 Å². The lowest BCUT2D eigenvalue weighted by Gasteiger charge is -2.18. The first-order valence-electron chi connectivity index (χ1n) is 21.5. The molecule has 0 fully saturated rings. The molecular formula is C54H40ClN3O16. The molecule has 19 nitrogen and oxygen atoms in total. The molecule has 74 heavy (non-hydrogen) atoms. The minimum atomic E-state index is -0.871. The number of esters is 2. The highest BCUT2D eigenvalue weighted by molar-refractivity contribution is 6.67. The average molecular weight is 1020 g/mol. The van der Waals surface area contributed by atoms with Crippen molar-refractivity contribution in [3.63, 3.8) is 0 Å². The van der Waals surface area contributed by atoms with Crippen molar-refractivity contribution < 1.29 is 69.6 Å². The number of rotatable bonds is 7. The van der Waals surface area contributed by atoms with E-state index in [0.717, 1.165) is 12.1 Å². The Balaban J connectivity index is 0.000000192. The molecule has 7 aromatic rings. The standard InChI is InChI=1S/C18H11NO6.C18H15NO4.C11H8O3.C7H4ClNO3.H2/c1-10-15(20)13-4-2-3-5-14(13)16(21)17(10)25-18(22)11-6-8-12(9-7-11)19(23)24;1-10-15(20)13-4-2-3-5-14(13)16(21)17(10)23-18(22)11-6-8-12(19)9-7-11;1-6-9(12)7-4-2-3-5-8(7)11(14)10(6)13;8-7(10)5-1-3-6(4-2-5)9(11)12;/h2-9H,1H3;2-9,20-21H,19H2,1H3;2-5,12H,1H3;1-4H;1H. The summed E-state index contributed by atoms with van der Waals surface area (Å²) in [5.74, 6) is -4.30. The number of anilines is 1. The number of phenolic OH excluding ortho intramolecular Hbond substituents is 2. The number of aliphatic hydroxyl groups is 1. The van der Waals surface area contributed by atoms with Crippen LogP contribution in [0.4, 0.5) is 17.1 Å². The molecule has 7 aromatic carbocycles. The van der Waals surface area contributed by atoms with E-state index in [-0.39, 0.29) is 86.3 Å². The van der Waals surface area contributed by atoms with Gasteiger partial charge >= 0.3 is 11.9 Å². The van der Waals surface area contributed by atoms with E-state index in [9.17, 15) is 69.1 Å². The van der Waals surface area contributed by atoms with Gasteiger partial charge in [-0.25, -0.2) is 9.59 Å². The van der Waals surface area contributed by atoms with Gasteiger partial charge in [0.2, 0.25) is 17.3 Å². The monoisotopic (exact) mass is 1020 g/mol. The van der Waals surface area contributed by atoms with Gasteiger partial charge < -0.3 is 30.5 Å². The number of ether oxygens (including phenoxy) is 2. The third-order valence-corrected chi connectivity index (χ3v) is 11.4. The zero-order valence-electron chi connectivity index (χ0n) is 38.9. The zero-order chi connectivity index (χ0) is 54.1. The first kappa shape index (κ1) is 53.2. The summed E-state index contributed by atoms with van der Waals surface area (Å²) in [5.41, 5.74) is 8.07. The summed E-state index contributed by atoms with van der Waals surface area (Å²) >= 11 is 5.13. The van der Waals surface area contributed by atoms with Crippen molar-refractivity contribution >= 4 is 85.5 Å². The number of phenols is 2. The fourth-order valence-corrected chi connectivity index (χ4v) is 7.20. The molecule has 9 rings (SSSR count). The second-order valence-electron chi connectivity index (χ2n) is 15.8. The molecule has 0 heterocycles. The van der Waals surface area contributed by atoms with E-state index in [0.29, 0.717) is 33.2 Å².